The molecule has 0 saturated carbocycles. The molecule has 0 nitrogen and oxygen atoms in total. The third-order valence-corrected chi connectivity index (χ3v) is 24.3. The summed E-state index contributed by atoms with van der Waals surface area (Å²) in [5, 5.41) is 7.22. The topological polar surface area (TPSA) is 0 Å². The first-order chi connectivity index (χ1) is 21.5. The molecule has 0 aliphatic heterocycles. The Hall–Kier alpha value is -3.24. The zero-order chi connectivity index (χ0) is 30.4. The van der Waals surface area contributed by atoms with Crippen LogP contribution < -0.4 is 31.8 Å². The molecule has 0 saturated heterocycles. The van der Waals surface area contributed by atoms with Crippen LogP contribution in [-0.2, 0) is 0 Å². The van der Waals surface area contributed by atoms with Crippen molar-refractivity contribution in [3.8, 4) is 0 Å². The van der Waals surface area contributed by atoms with E-state index in [1.807, 2.05) is 0 Å². The van der Waals surface area contributed by atoms with E-state index in [1.165, 1.54) is 31.8 Å². The molecule has 0 amide bonds. The average molecular weight is 652 g/mol. The van der Waals surface area contributed by atoms with Crippen LogP contribution in [0, 0.1) is 0 Å². The van der Waals surface area contributed by atoms with Crippen LogP contribution in [0.2, 0.25) is 0 Å². The van der Waals surface area contributed by atoms with Crippen LogP contribution in [0.5, 0.6) is 0 Å². The Morgan fingerprint density at radius 3 is 0.591 bits per heavy atom. The molecular weight excluding hydrogens is 613 g/mol. The van der Waals surface area contributed by atoms with E-state index in [0.29, 0.717) is 0 Å². The Kier molecular flexibility index (Phi) is 8.84. The van der Waals surface area contributed by atoms with Crippen LogP contribution in [0.25, 0.3) is 0 Å². The fourth-order valence-corrected chi connectivity index (χ4v) is 19.4. The van der Waals surface area contributed by atoms with Crippen LogP contribution in [0.1, 0.15) is 12.8 Å². The third kappa shape index (κ3) is 5.13. The minimum atomic E-state index is -3.36. The summed E-state index contributed by atoms with van der Waals surface area (Å²) in [7, 11) is 0. The molecule has 222 valence electrons. The van der Waals surface area contributed by atoms with Gasteiger partial charge in [-0.1, -0.05) is 0 Å². The van der Waals surface area contributed by atoms with Crippen LogP contribution in [0.15, 0.2) is 182 Å². The van der Waals surface area contributed by atoms with Crippen molar-refractivity contribution in [1.82, 2.24) is 0 Å². The minimum absolute atomic E-state index is 0.840. The van der Waals surface area contributed by atoms with Crippen LogP contribution in [0.4, 0.5) is 0 Å². The molecule has 0 atom stereocenters. The molecule has 0 unspecified atom stereocenters. The molecular formula is C40H38Cl2P2. The Balaban J connectivity index is 1.47. The molecule has 4 heteroatoms. The van der Waals surface area contributed by atoms with Gasteiger partial charge in [0, 0.05) is 0 Å². The number of unbranched alkanes of at least 4 members (excludes halogenated alkanes) is 1. The number of rotatable bonds is 11. The predicted octanol–water partition coefficient (Wildman–Crippen LogP) is 9.13. The second kappa shape index (κ2) is 12.6. The van der Waals surface area contributed by atoms with Gasteiger partial charge in [0.25, 0.3) is 0 Å². The van der Waals surface area contributed by atoms with E-state index in [1.54, 1.807) is 0 Å². The van der Waals surface area contributed by atoms with Gasteiger partial charge in [-0.15, -0.1) is 0 Å². The molecule has 0 N–H and O–H groups in total. The quantitative estimate of drug-likeness (QED) is 0.0969. The summed E-state index contributed by atoms with van der Waals surface area (Å²) in [6.45, 7) is 0. The molecule has 0 heterocycles. The molecule has 0 fully saturated rings. The number of benzene rings is 6. The van der Waals surface area contributed by atoms with Gasteiger partial charge in [0.15, 0.2) is 0 Å². The summed E-state index contributed by atoms with van der Waals surface area (Å²) >= 11 is 16.8. The summed E-state index contributed by atoms with van der Waals surface area (Å²) < 4.78 is 0. The van der Waals surface area contributed by atoms with Gasteiger partial charge in [-0.05, 0) is 0 Å². The molecule has 6 aromatic rings. The Bertz CT molecular complexity index is 1440. The van der Waals surface area contributed by atoms with Gasteiger partial charge in [-0.2, -0.15) is 0 Å². The number of halogens is 2. The molecule has 0 aromatic heterocycles. The normalized spacial score (nSPS) is 13.7. The van der Waals surface area contributed by atoms with E-state index >= 15 is 0 Å². The van der Waals surface area contributed by atoms with Gasteiger partial charge >= 0.3 is 273 Å². The van der Waals surface area contributed by atoms with E-state index in [-0.39, 0.29) is 0 Å². The molecule has 6 rings (SSSR count). The van der Waals surface area contributed by atoms with Gasteiger partial charge in [0.1, 0.15) is 0 Å². The van der Waals surface area contributed by atoms with Crippen molar-refractivity contribution < 1.29 is 0 Å². The molecule has 6 aromatic carbocycles. The molecule has 44 heavy (non-hydrogen) atoms. The second-order valence-corrected chi connectivity index (χ2v) is 24.7. The van der Waals surface area contributed by atoms with E-state index in [2.05, 4.69) is 182 Å². The van der Waals surface area contributed by atoms with Gasteiger partial charge in [-0.3, -0.25) is 0 Å². The molecule has 0 aliphatic carbocycles. The zero-order valence-electron chi connectivity index (χ0n) is 24.8. The first kappa shape index (κ1) is 30.8. The van der Waals surface area contributed by atoms with E-state index in [4.69, 9.17) is 22.5 Å². The number of hydrogen-bond acceptors (Lipinski definition) is 0. The average Bonchev–Trinajstić information content (AvgIpc) is 3.12. The fourth-order valence-electron chi connectivity index (χ4n) is 6.92. The molecule has 0 aliphatic rings. The Morgan fingerprint density at radius 1 is 0.273 bits per heavy atom. The van der Waals surface area contributed by atoms with Crippen LogP contribution in [0.3, 0.4) is 0 Å². The van der Waals surface area contributed by atoms with Crippen molar-refractivity contribution in [2.75, 3.05) is 12.3 Å². The van der Waals surface area contributed by atoms with Gasteiger partial charge < -0.3 is 0 Å². The molecule has 0 spiro atoms. The SMILES string of the molecule is ClP(CCCCP(Cl)(c1ccccc1)(c1ccccc1)c1ccccc1)(c1ccccc1)(c1ccccc1)c1ccccc1. The maximum absolute atomic E-state index is 8.42. The van der Waals surface area contributed by atoms with E-state index in [0.717, 1.165) is 25.2 Å². The fraction of sp³-hybridized carbons (Fsp3) is 0.100. The summed E-state index contributed by atoms with van der Waals surface area (Å²) in [5.74, 6) is -6.72. The van der Waals surface area contributed by atoms with Gasteiger partial charge in [0.05, 0.1) is 0 Å². The van der Waals surface area contributed by atoms with Gasteiger partial charge in [0.2, 0.25) is 0 Å². The van der Waals surface area contributed by atoms with Crippen molar-refractivity contribution in [2.24, 2.45) is 0 Å². The number of hydrogen-bond donors (Lipinski definition) is 0. The summed E-state index contributed by atoms with van der Waals surface area (Å²) in [6.07, 6.45) is 3.54. The summed E-state index contributed by atoms with van der Waals surface area (Å²) in [5.41, 5.74) is 0. The summed E-state index contributed by atoms with van der Waals surface area (Å²) in [6, 6.07) is 64.6. The van der Waals surface area contributed by atoms with Crippen molar-refractivity contribution in [3.05, 3.63) is 182 Å². The third-order valence-electron chi connectivity index (χ3n) is 9.17. The Morgan fingerprint density at radius 2 is 0.432 bits per heavy atom. The van der Waals surface area contributed by atoms with Crippen LogP contribution in [-0.4, -0.2) is 12.3 Å². The van der Waals surface area contributed by atoms with Crippen molar-refractivity contribution in [2.45, 2.75) is 12.8 Å². The van der Waals surface area contributed by atoms with E-state index in [9.17, 15) is 0 Å². The summed E-state index contributed by atoms with van der Waals surface area (Å²) in [4.78, 5) is 0. The van der Waals surface area contributed by atoms with Gasteiger partial charge in [-0.25, -0.2) is 0 Å². The standard InChI is InChI=1S/C40H38Cl2P2/c41-43(35-21-7-1-8-22-35,36-23-9-2-10-24-36,37-25-11-3-12-26-37)33-19-20-34-44(42,38-27-13-4-14-28-38,39-29-15-5-16-30-39)40-31-17-6-18-32-40/h1-18,21-32H,19-20,33-34H2. The predicted molar refractivity (Wildman–Crippen MR) is 201 cm³/mol. The van der Waals surface area contributed by atoms with Crippen LogP contribution >= 0.6 is 34.4 Å². The zero-order valence-corrected chi connectivity index (χ0v) is 28.1. The Labute approximate surface area is 272 Å². The first-order valence-electron chi connectivity index (χ1n) is 15.3. The molecule has 0 radical (unpaired) electrons. The maximum atomic E-state index is 8.42. The van der Waals surface area contributed by atoms with Crippen molar-refractivity contribution >= 4 is 66.2 Å². The second-order valence-electron chi connectivity index (χ2n) is 11.5. The first-order valence-corrected chi connectivity index (χ1v) is 21.9. The monoisotopic (exact) mass is 650 g/mol. The van der Waals surface area contributed by atoms with Crippen molar-refractivity contribution in [1.29, 1.82) is 0 Å². The van der Waals surface area contributed by atoms with Crippen molar-refractivity contribution in [3.63, 3.8) is 0 Å². The molecule has 0 bridgehead atoms. The van der Waals surface area contributed by atoms with E-state index < -0.39 is 11.9 Å².